The highest BCUT2D eigenvalue weighted by Gasteiger charge is 2.25. The van der Waals surface area contributed by atoms with Crippen molar-refractivity contribution in [2.45, 2.75) is 51.3 Å². The molecule has 1 aliphatic rings. The first-order valence-corrected chi connectivity index (χ1v) is 10.6. The van der Waals surface area contributed by atoms with Crippen LogP contribution in [-0.2, 0) is 16.1 Å². The van der Waals surface area contributed by atoms with Crippen molar-refractivity contribution < 1.29 is 14.3 Å². The summed E-state index contributed by atoms with van der Waals surface area (Å²) in [6.45, 7) is 1.77. The van der Waals surface area contributed by atoms with E-state index >= 15 is 0 Å². The summed E-state index contributed by atoms with van der Waals surface area (Å²) < 4.78 is 6.69. The minimum absolute atomic E-state index is 0.0200. The molecule has 2 aromatic carbocycles. The van der Waals surface area contributed by atoms with Gasteiger partial charge in [-0.25, -0.2) is 9.48 Å². The van der Waals surface area contributed by atoms with Gasteiger partial charge in [-0.15, -0.1) is 0 Å². The molecule has 1 amide bonds. The molecule has 0 bridgehead atoms. The van der Waals surface area contributed by atoms with E-state index in [-0.39, 0.29) is 29.7 Å². The molecule has 0 unspecified atom stereocenters. The highest BCUT2D eigenvalue weighted by atomic mass is 16.5. The maximum Gasteiger partial charge on any atom is 0.360 e. The van der Waals surface area contributed by atoms with Crippen molar-refractivity contribution >= 4 is 22.6 Å². The van der Waals surface area contributed by atoms with Crippen molar-refractivity contribution in [3.8, 4) is 0 Å². The molecule has 1 heterocycles. The van der Waals surface area contributed by atoms with Gasteiger partial charge in [0.2, 0.25) is 0 Å². The molecule has 1 atom stereocenters. The SMILES string of the molecule is C[C@@H](OC(=O)c1nn(Cc2ccccc2)c(=O)c2ccccc12)C(=O)NC1CCCC1. The number of aromatic nitrogens is 2. The van der Waals surface area contributed by atoms with Crippen LogP contribution in [0.15, 0.2) is 59.4 Å². The summed E-state index contributed by atoms with van der Waals surface area (Å²) in [4.78, 5) is 38.3. The first-order valence-electron chi connectivity index (χ1n) is 10.6. The lowest BCUT2D eigenvalue weighted by Crippen LogP contribution is -2.41. The van der Waals surface area contributed by atoms with E-state index in [9.17, 15) is 14.4 Å². The van der Waals surface area contributed by atoms with Crippen LogP contribution in [0.1, 0.15) is 48.7 Å². The number of carbonyl (C=O) groups excluding carboxylic acids is 2. The summed E-state index contributed by atoms with van der Waals surface area (Å²) >= 11 is 0. The van der Waals surface area contributed by atoms with Gasteiger partial charge in [-0.2, -0.15) is 5.10 Å². The second kappa shape index (κ2) is 9.12. The van der Waals surface area contributed by atoms with E-state index in [0.29, 0.717) is 10.8 Å². The number of amides is 1. The van der Waals surface area contributed by atoms with Crippen LogP contribution in [0.4, 0.5) is 0 Å². The summed E-state index contributed by atoms with van der Waals surface area (Å²) in [6, 6.07) is 16.4. The highest BCUT2D eigenvalue weighted by Crippen LogP contribution is 2.19. The van der Waals surface area contributed by atoms with Crippen LogP contribution in [0.2, 0.25) is 0 Å². The molecule has 1 fully saturated rings. The van der Waals surface area contributed by atoms with Crippen LogP contribution in [0.3, 0.4) is 0 Å². The maximum absolute atomic E-state index is 12.9. The average Bonchev–Trinajstić information content (AvgIpc) is 3.29. The van der Waals surface area contributed by atoms with Crippen molar-refractivity contribution in [3.05, 3.63) is 76.2 Å². The molecule has 0 radical (unpaired) electrons. The van der Waals surface area contributed by atoms with Crippen molar-refractivity contribution in [2.75, 3.05) is 0 Å². The molecule has 7 heteroatoms. The monoisotopic (exact) mass is 419 g/mol. The first-order chi connectivity index (χ1) is 15.0. The number of ether oxygens (including phenoxy) is 1. The Hall–Kier alpha value is -3.48. The van der Waals surface area contributed by atoms with Crippen molar-refractivity contribution in [1.29, 1.82) is 0 Å². The third-order valence-corrected chi connectivity index (χ3v) is 5.59. The Kier molecular flexibility index (Phi) is 6.11. The molecular formula is C24H25N3O4. The van der Waals surface area contributed by atoms with E-state index in [2.05, 4.69) is 10.4 Å². The van der Waals surface area contributed by atoms with Crippen molar-refractivity contribution in [3.63, 3.8) is 0 Å². The quantitative estimate of drug-likeness (QED) is 0.620. The largest absolute Gasteiger partial charge is 0.448 e. The first kappa shape index (κ1) is 20.8. The molecule has 0 aliphatic heterocycles. The number of nitrogens with one attached hydrogen (secondary N) is 1. The number of carbonyl (C=O) groups is 2. The number of benzene rings is 2. The minimum atomic E-state index is -0.955. The topological polar surface area (TPSA) is 90.3 Å². The van der Waals surface area contributed by atoms with Crippen LogP contribution in [0.25, 0.3) is 10.8 Å². The van der Waals surface area contributed by atoms with Crippen molar-refractivity contribution in [1.82, 2.24) is 15.1 Å². The number of hydrogen-bond acceptors (Lipinski definition) is 5. The molecule has 0 spiro atoms. The zero-order chi connectivity index (χ0) is 21.8. The third-order valence-electron chi connectivity index (χ3n) is 5.59. The Morgan fingerprint density at radius 2 is 1.71 bits per heavy atom. The normalized spacial score (nSPS) is 15.0. The molecule has 1 aliphatic carbocycles. The predicted molar refractivity (Wildman–Crippen MR) is 117 cm³/mol. The van der Waals surface area contributed by atoms with Crippen LogP contribution < -0.4 is 10.9 Å². The van der Waals surface area contributed by atoms with Gasteiger partial charge in [-0.3, -0.25) is 9.59 Å². The van der Waals surface area contributed by atoms with E-state index in [4.69, 9.17) is 4.74 Å². The van der Waals surface area contributed by atoms with E-state index in [1.54, 1.807) is 31.2 Å². The molecule has 7 nitrogen and oxygen atoms in total. The van der Waals surface area contributed by atoms with Gasteiger partial charge < -0.3 is 10.1 Å². The fourth-order valence-corrected chi connectivity index (χ4v) is 3.91. The maximum atomic E-state index is 12.9. The Balaban J connectivity index is 1.61. The molecule has 0 saturated heterocycles. The molecule has 1 N–H and O–H groups in total. The van der Waals surface area contributed by atoms with Gasteiger partial charge in [0.05, 0.1) is 11.9 Å². The second-order valence-corrected chi connectivity index (χ2v) is 7.88. The number of nitrogens with zero attached hydrogens (tertiary/aromatic N) is 2. The predicted octanol–water partition coefficient (Wildman–Crippen LogP) is 3.05. The lowest BCUT2D eigenvalue weighted by Gasteiger charge is -2.17. The van der Waals surface area contributed by atoms with Crippen molar-refractivity contribution in [2.24, 2.45) is 0 Å². The van der Waals surface area contributed by atoms with Gasteiger partial charge in [0.1, 0.15) is 0 Å². The summed E-state index contributed by atoms with van der Waals surface area (Å²) in [5.41, 5.74) is 0.616. The standard InChI is InChI=1S/C24H25N3O4/c1-16(22(28)25-18-11-5-6-12-18)31-24(30)21-19-13-7-8-14-20(19)23(29)27(26-21)15-17-9-3-2-4-10-17/h2-4,7-10,13-14,16,18H,5-6,11-12,15H2,1H3,(H,25,28)/t16-/m1/s1. The van der Waals surface area contributed by atoms with E-state index in [0.717, 1.165) is 31.2 Å². The summed E-state index contributed by atoms with van der Waals surface area (Å²) in [7, 11) is 0. The van der Waals surface area contributed by atoms with E-state index in [1.807, 2.05) is 30.3 Å². The number of hydrogen-bond donors (Lipinski definition) is 1. The molecule has 4 rings (SSSR count). The fourth-order valence-electron chi connectivity index (χ4n) is 3.91. The number of fused-ring (bicyclic) bond motifs is 1. The van der Waals surface area contributed by atoms with Gasteiger partial charge in [0.15, 0.2) is 11.8 Å². The minimum Gasteiger partial charge on any atom is -0.448 e. The van der Waals surface area contributed by atoms with Gasteiger partial charge in [0, 0.05) is 11.4 Å². The van der Waals surface area contributed by atoms with E-state index in [1.165, 1.54) is 4.68 Å². The molecule has 3 aromatic rings. The summed E-state index contributed by atoms with van der Waals surface area (Å²) in [5, 5.41) is 8.03. The van der Waals surface area contributed by atoms with Crippen LogP contribution in [-0.4, -0.2) is 33.8 Å². The second-order valence-electron chi connectivity index (χ2n) is 7.88. The number of esters is 1. The Labute approximate surface area is 180 Å². The molecular weight excluding hydrogens is 394 g/mol. The number of rotatable bonds is 6. The van der Waals surface area contributed by atoms with Gasteiger partial charge in [-0.05, 0) is 31.4 Å². The van der Waals surface area contributed by atoms with Crippen LogP contribution >= 0.6 is 0 Å². The van der Waals surface area contributed by atoms with Crippen LogP contribution in [0, 0.1) is 0 Å². The fraction of sp³-hybridized carbons (Fsp3) is 0.333. The lowest BCUT2D eigenvalue weighted by atomic mass is 10.1. The molecule has 31 heavy (non-hydrogen) atoms. The average molecular weight is 419 g/mol. The van der Waals surface area contributed by atoms with Gasteiger partial charge in [-0.1, -0.05) is 61.4 Å². The Morgan fingerprint density at radius 1 is 1.06 bits per heavy atom. The van der Waals surface area contributed by atoms with Gasteiger partial charge in [0.25, 0.3) is 11.5 Å². The Morgan fingerprint density at radius 3 is 2.42 bits per heavy atom. The highest BCUT2D eigenvalue weighted by molar-refractivity contribution is 6.02. The van der Waals surface area contributed by atoms with E-state index < -0.39 is 12.1 Å². The molecule has 1 aromatic heterocycles. The van der Waals surface area contributed by atoms with Crippen LogP contribution in [0.5, 0.6) is 0 Å². The van der Waals surface area contributed by atoms with Gasteiger partial charge >= 0.3 is 5.97 Å². The summed E-state index contributed by atoms with van der Waals surface area (Å²) in [6.07, 6.45) is 3.13. The zero-order valence-corrected chi connectivity index (χ0v) is 17.4. The molecule has 1 saturated carbocycles. The molecule has 160 valence electrons. The third kappa shape index (κ3) is 4.66. The smallest absolute Gasteiger partial charge is 0.360 e. The summed E-state index contributed by atoms with van der Waals surface area (Å²) in [5.74, 6) is -1.05. The zero-order valence-electron chi connectivity index (χ0n) is 17.4. The lowest BCUT2D eigenvalue weighted by molar-refractivity contribution is -0.129. The Bertz CT molecular complexity index is 1150.